The highest BCUT2D eigenvalue weighted by atomic mass is 14.9. The van der Waals surface area contributed by atoms with Gasteiger partial charge in [-0.25, -0.2) is 0 Å². The van der Waals surface area contributed by atoms with E-state index in [0.29, 0.717) is 0 Å². The van der Waals surface area contributed by atoms with Gasteiger partial charge in [0.1, 0.15) is 0 Å². The lowest BCUT2D eigenvalue weighted by molar-refractivity contribution is 0.372. The molecular formula is C15H24N2. The molecule has 1 fully saturated rings. The zero-order valence-corrected chi connectivity index (χ0v) is 11.3. The van der Waals surface area contributed by atoms with Crippen molar-refractivity contribution in [2.75, 3.05) is 13.1 Å². The van der Waals surface area contributed by atoms with Gasteiger partial charge in [-0.2, -0.15) is 0 Å². The Labute approximate surface area is 105 Å². The molecule has 0 amide bonds. The van der Waals surface area contributed by atoms with E-state index in [4.69, 9.17) is 0 Å². The van der Waals surface area contributed by atoms with Crippen molar-refractivity contribution in [3.8, 4) is 0 Å². The van der Waals surface area contributed by atoms with Gasteiger partial charge in [0.2, 0.25) is 0 Å². The zero-order chi connectivity index (χ0) is 12.3. The summed E-state index contributed by atoms with van der Waals surface area (Å²) in [6, 6.07) is 2.34. The van der Waals surface area contributed by atoms with Crippen LogP contribution in [0.4, 0.5) is 0 Å². The molecule has 1 aromatic heterocycles. The van der Waals surface area contributed by atoms with Crippen molar-refractivity contribution in [3.63, 3.8) is 0 Å². The van der Waals surface area contributed by atoms with Crippen molar-refractivity contribution < 1.29 is 0 Å². The Kier molecular flexibility index (Phi) is 3.82. The van der Waals surface area contributed by atoms with Gasteiger partial charge in [0, 0.05) is 12.4 Å². The Morgan fingerprint density at radius 1 is 1.24 bits per heavy atom. The fraction of sp³-hybridized carbons (Fsp3) is 0.667. The van der Waals surface area contributed by atoms with Gasteiger partial charge in [0.05, 0.1) is 0 Å². The number of aromatic nitrogens is 1. The third-order valence-corrected chi connectivity index (χ3v) is 3.64. The molecule has 0 bridgehead atoms. The standard InChI is InChI=1S/C15H24N2/c1-15(2,3)14-9-13(10-17-11-14)8-12-4-6-16-7-5-12/h9-12,16H,4-8H2,1-3H3. The topological polar surface area (TPSA) is 24.9 Å². The van der Waals surface area contributed by atoms with E-state index in [1.807, 2.05) is 12.4 Å². The monoisotopic (exact) mass is 232 g/mol. The summed E-state index contributed by atoms with van der Waals surface area (Å²) in [6.07, 6.45) is 7.85. The molecule has 1 saturated heterocycles. The molecule has 2 heterocycles. The van der Waals surface area contributed by atoms with Gasteiger partial charge in [-0.05, 0) is 54.8 Å². The van der Waals surface area contributed by atoms with Crippen LogP contribution in [0.2, 0.25) is 0 Å². The van der Waals surface area contributed by atoms with E-state index in [0.717, 1.165) is 5.92 Å². The maximum absolute atomic E-state index is 4.40. The second-order valence-corrected chi connectivity index (χ2v) is 6.23. The van der Waals surface area contributed by atoms with E-state index in [1.165, 1.54) is 43.5 Å². The van der Waals surface area contributed by atoms with E-state index >= 15 is 0 Å². The predicted octanol–water partition coefficient (Wildman–Crippen LogP) is 2.92. The number of hydrogen-bond donors (Lipinski definition) is 1. The van der Waals surface area contributed by atoms with Crippen LogP contribution in [0.25, 0.3) is 0 Å². The number of rotatable bonds is 2. The van der Waals surface area contributed by atoms with E-state index in [2.05, 4.69) is 37.1 Å². The number of hydrogen-bond acceptors (Lipinski definition) is 2. The maximum atomic E-state index is 4.40. The van der Waals surface area contributed by atoms with Gasteiger partial charge in [-0.15, -0.1) is 0 Å². The summed E-state index contributed by atoms with van der Waals surface area (Å²) in [4.78, 5) is 4.40. The molecule has 2 rings (SSSR count). The normalized spacial score (nSPS) is 18.3. The molecule has 0 saturated carbocycles. The average Bonchev–Trinajstić information content (AvgIpc) is 2.29. The lowest BCUT2D eigenvalue weighted by Crippen LogP contribution is -2.28. The number of nitrogens with one attached hydrogen (secondary N) is 1. The lowest BCUT2D eigenvalue weighted by atomic mass is 9.85. The highest BCUT2D eigenvalue weighted by Crippen LogP contribution is 2.24. The molecule has 0 atom stereocenters. The molecule has 1 aliphatic rings. The first-order valence-electron chi connectivity index (χ1n) is 6.71. The smallest absolute Gasteiger partial charge is 0.0305 e. The quantitative estimate of drug-likeness (QED) is 0.848. The number of nitrogens with zero attached hydrogens (tertiary/aromatic N) is 1. The molecule has 1 N–H and O–H groups in total. The minimum absolute atomic E-state index is 0.205. The van der Waals surface area contributed by atoms with Gasteiger partial charge >= 0.3 is 0 Å². The Balaban J connectivity index is 2.05. The van der Waals surface area contributed by atoms with Gasteiger partial charge < -0.3 is 5.32 Å². The average molecular weight is 232 g/mol. The van der Waals surface area contributed by atoms with Crippen molar-refractivity contribution in [2.24, 2.45) is 5.92 Å². The van der Waals surface area contributed by atoms with E-state index in [-0.39, 0.29) is 5.41 Å². The van der Waals surface area contributed by atoms with Crippen LogP contribution in [0.3, 0.4) is 0 Å². The molecule has 17 heavy (non-hydrogen) atoms. The fourth-order valence-corrected chi connectivity index (χ4v) is 2.43. The molecule has 0 aromatic carbocycles. The molecule has 1 aromatic rings. The van der Waals surface area contributed by atoms with E-state index in [1.54, 1.807) is 0 Å². The minimum atomic E-state index is 0.205. The van der Waals surface area contributed by atoms with Crippen molar-refractivity contribution >= 4 is 0 Å². The van der Waals surface area contributed by atoms with Crippen LogP contribution in [0, 0.1) is 5.92 Å². The van der Waals surface area contributed by atoms with Crippen molar-refractivity contribution in [1.82, 2.24) is 10.3 Å². The summed E-state index contributed by atoms with van der Waals surface area (Å²) in [7, 11) is 0. The third kappa shape index (κ3) is 3.53. The van der Waals surface area contributed by atoms with Gasteiger partial charge in [-0.1, -0.05) is 26.8 Å². The molecule has 94 valence electrons. The van der Waals surface area contributed by atoms with Crippen molar-refractivity contribution in [2.45, 2.75) is 45.4 Å². The zero-order valence-electron chi connectivity index (χ0n) is 11.3. The maximum Gasteiger partial charge on any atom is 0.0305 e. The summed E-state index contributed by atoms with van der Waals surface area (Å²) in [5.41, 5.74) is 2.96. The number of pyridine rings is 1. The molecule has 0 radical (unpaired) electrons. The Bertz CT molecular complexity index is 359. The SMILES string of the molecule is CC(C)(C)c1cncc(CC2CCNCC2)c1. The van der Waals surface area contributed by atoms with Crippen LogP contribution in [0.15, 0.2) is 18.5 Å². The van der Waals surface area contributed by atoms with Gasteiger partial charge in [0.25, 0.3) is 0 Å². The van der Waals surface area contributed by atoms with Crippen molar-refractivity contribution in [3.05, 3.63) is 29.6 Å². The molecule has 2 nitrogen and oxygen atoms in total. The fourth-order valence-electron chi connectivity index (χ4n) is 2.43. The summed E-state index contributed by atoms with van der Waals surface area (Å²) >= 11 is 0. The van der Waals surface area contributed by atoms with Gasteiger partial charge in [-0.3, -0.25) is 4.98 Å². The summed E-state index contributed by atoms with van der Waals surface area (Å²) in [5.74, 6) is 0.841. The van der Waals surface area contributed by atoms with Crippen LogP contribution < -0.4 is 5.32 Å². The third-order valence-electron chi connectivity index (χ3n) is 3.64. The van der Waals surface area contributed by atoms with E-state index in [9.17, 15) is 0 Å². The molecule has 1 aliphatic heterocycles. The molecule has 2 heteroatoms. The number of piperidine rings is 1. The van der Waals surface area contributed by atoms with Crippen LogP contribution in [-0.4, -0.2) is 18.1 Å². The summed E-state index contributed by atoms with van der Waals surface area (Å²) < 4.78 is 0. The van der Waals surface area contributed by atoms with Crippen LogP contribution in [-0.2, 0) is 11.8 Å². The van der Waals surface area contributed by atoms with Crippen LogP contribution >= 0.6 is 0 Å². The minimum Gasteiger partial charge on any atom is -0.317 e. The lowest BCUT2D eigenvalue weighted by Gasteiger charge is -2.24. The summed E-state index contributed by atoms with van der Waals surface area (Å²) in [5, 5.41) is 3.42. The first kappa shape index (κ1) is 12.6. The van der Waals surface area contributed by atoms with E-state index < -0.39 is 0 Å². The second-order valence-electron chi connectivity index (χ2n) is 6.23. The second kappa shape index (κ2) is 5.18. The Morgan fingerprint density at radius 2 is 1.94 bits per heavy atom. The molecular weight excluding hydrogens is 208 g/mol. The first-order chi connectivity index (χ1) is 8.05. The van der Waals surface area contributed by atoms with Crippen molar-refractivity contribution in [1.29, 1.82) is 0 Å². The molecule has 0 aliphatic carbocycles. The molecule has 0 unspecified atom stereocenters. The largest absolute Gasteiger partial charge is 0.317 e. The Morgan fingerprint density at radius 3 is 2.59 bits per heavy atom. The highest BCUT2D eigenvalue weighted by molar-refractivity contribution is 5.24. The predicted molar refractivity (Wildman–Crippen MR) is 72.2 cm³/mol. The van der Waals surface area contributed by atoms with Crippen LogP contribution in [0.1, 0.15) is 44.7 Å². The Hall–Kier alpha value is -0.890. The van der Waals surface area contributed by atoms with Crippen LogP contribution in [0.5, 0.6) is 0 Å². The summed E-state index contributed by atoms with van der Waals surface area (Å²) in [6.45, 7) is 9.10. The molecule has 0 spiro atoms. The first-order valence-corrected chi connectivity index (χ1v) is 6.71. The van der Waals surface area contributed by atoms with Gasteiger partial charge in [0.15, 0.2) is 0 Å². The highest BCUT2D eigenvalue weighted by Gasteiger charge is 2.17.